The van der Waals surface area contributed by atoms with Gasteiger partial charge in [-0.1, -0.05) is 11.8 Å². The molecule has 0 bridgehead atoms. The lowest BCUT2D eigenvalue weighted by molar-refractivity contribution is 0.0954. The van der Waals surface area contributed by atoms with Gasteiger partial charge in [0.05, 0.1) is 33.3 Å². The third-order valence-corrected chi connectivity index (χ3v) is 4.02. The Morgan fingerprint density at radius 2 is 1.89 bits per heavy atom. The van der Waals surface area contributed by atoms with Gasteiger partial charge in [0.1, 0.15) is 11.5 Å². The minimum absolute atomic E-state index is 0.0449. The van der Waals surface area contributed by atoms with Crippen LogP contribution in [0.4, 0.5) is 8.78 Å². The number of ether oxygens (including phenoxy) is 3. The first-order valence-corrected chi connectivity index (χ1v) is 8.65. The number of methoxy groups -OCH3 is 3. The number of thioether (sulfide) groups is 1. The van der Waals surface area contributed by atoms with E-state index in [0.717, 1.165) is 0 Å². The lowest BCUT2D eigenvalue weighted by Crippen LogP contribution is -2.18. The van der Waals surface area contributed by atoms with Crippen molar-refractivity contribution in [1.29, 1.82) is 0 Å². The van der Waals surface area contributed by atoms with E-state index in [1.165, 1.54) is 39.7 Å². The van der Waals surface area contributed by atoms with E-state index in [9.17, 15) is 13.6 Å². The highest BCUT2D eigenvalue weighted by Crippen LogP contribution is 2.38. The topological polar surface area (TPSA) is 82.3 Å². The standard InChI is InChI=1S/C17H18F2N2O5S/c1-23-13-6-10(7-14(24-2)15(13)25-3)16(22)21-20-8-11-4-5-12(26-11)9-27-17(18)19/h4-8,17H,9H2,1-3H3,(H,21,22)/b20-8-. The summed E-state index contributed by atoms with van der Waals surface area (Å²) in [6.07, 6.45) is 1.27. The molecule has 1 N–H and O–H groups in total. The van der Waals surface area contributed by atoms with Crippen molar-refractivity contribution in [1.82, 2.24) is 5.43 Å². The van der Waals surface area contributed by atoms with Crippen molar-refractivity contribution >= 4 is 23.9 Å². The van der Waals surface area contributed by atoms with Crippen LogP contribution in [0.25, 0.3) is 0 Å². The monoisotopic (exact) mass is 400 g/mol. The number of hydrogen-bond acceptors (Lipinski definition) is 7. The van der Waals surface area contributed by atoms with Gasteiger partial charge in [-0.2, -0.15) is 13.9 Å². The van der Waals surface area contributed by atoms with Crippen LogP contribution >= 0.6 is 11.8 Å². The molecule has 0 atom stereocenters. The molecule has 0 fully saturated rings. The lowest BCUT2D eigenvalue weighted by Gasteiger charge is -2.13. The maximum atomic E-state index is 12.3. The van der Waals surface area contributed by atoms with Crippen molar-refractivity contribution in [2.45, 2.75) is 11.5 Å². The molecule has 146 valence electrons. The van der Waals surface area contributed by atoms with Crippen LogP contribution in [0, 0.1) is 0 Å². The van der Waals surface area contributed by atoms with Gasteiger partial charge in [0.2, 0.25) is 5.75 Å². The average molecular weight is 400 g/mol. The maximum Gasteiger partial charge on any atom is 0.284 e. The summed E-state index contributed by atoms with van der Waals surface area (Å²) in [5.41, 5.74) is 2.59. The number of hydrogen-bond donors (Lipinski definition) is 1. The van der Waals surface area contributed by atoms with E-state index in [-0.39, 0.29) is 11.3 Å². The van der Waals surface area contributed by atoms with E-state index in [0.29, 0.717) is 40.5 Å². The van der Waals surface area contributed by atoms with E-state index >= 15 is 0 Å². The molecule has 1 aromatic carbocycles. The number of benzene rings is 1. The Hall–Kier alpha value is -2.75. The molecule has 0 unspecified atom stereocenters. The molecule has 10 heteroatoms. The third kappa shape index (κ3) is 5.61. The zero-order valence-electron chi connectivity index (χ0n) is 14.8. The second kappa shape index (κ2) is 9.81. The molecule has 2 aromatic rings. The summed E-state index contributed by atoms with van der Waals surface area (Å²) in [5.74, 6) is -1.19. The summed E-state index contributed by atoms with van der Waals surface area (Å²) in [6, 6.07) is 6.10. The third-order valence-electron chi connectivity index (χ3n) is 3.32. The first-order valence-electron chi connectivity index (χ1n) is 7.60. The van der Waals surface area contributed by atoms with Gasteiger partial charge in [0, 0.05) is 5.56 Å². The van der Waals surface area contributed by atoms with Crippen LogP contribution in [0.3, 0.4) is 0 Å². The fourth-order valence-electron chi connectivity index (χ4n) is 2.12. The molecule has 1 heterocycles. The highest BCUT2D eigenvalue weighted by atomic mass is 32.2. The fourth-order valence-corrected chi connectivity index (χ4v) is 2.56. The number of carbonyl (C=O) groups excluding carboxylic acids is 1. The van der Waals surface area contributed by atoms with Gasteiger partial charge in [0.25, 0.3) is 11.7 Å². The smallest absolute Gasteiger partial charge is 0.284 e. The SMILES string of the molecule is COc1cc(C(=O)N/N=C\c2ccc(CSC(F)F)o2)cc(OC)c1OC. The number of furan rings is 1. The number of halogens is 2. The fraction of sp³-hybridized carbons (Fsp3) is 0.294. The summed E-state index contributed by atoms with van der Waals surface area (Å²) in [5, 5.41) is 3.79. The van der Waals surface area contributed by atoms with Crippen molar-refractivity contribution < 1.29 is 32.2 Å². The molecule has 7 nitrogen and oxygen atoms in total. The van der Waals surface area contributed by atoms with Crippen LogP contribution in [0.1, 0.15) is 21.9 Å². The molecule has 0 aliphatic rings. The molecule has 0 radical (unpaired) electrons. The molecule has 1 amide bonds. The van der Waals surface area contributed by atoms with Crippen LogP contribution in [0.5, 0.6) is 17.2 Å². The van der Waals surface area contributed by atoms with Crippen LogP contribution < -0.4 is 19.6 Å². The van der Waals surface area contributed by atoms with Crippen molar-refractivity contribution in [3.05, 3.63) is 41.3 Å². The van der Waals surface area contributed by atoms with Crippen LogP contribution in [0.2, 0.25) is 0 Å². The minimum Gasteiger partial charge on any atom is -0.493 e. The van der Waals surface area contributed by atoms with E-state index in [4.69, 9.17) is 18.6 Å². The van der Waals surface area contributed by atoms with Crippen LogP contribution in [-0.4, -0.2) is 39.2 Å². The van der Waals surface area contributed by atoms with Gasteiger partial charge < -0.3 is 18.6 Å². The largest absolute Gasteiger partial charge is 0.493 e. The Balaban J connectivity index is 2.04. The van der Waals surface area contributed by atoms with Crippen molar-refractivity contribution in [2.75, 3.05) is 21.3 Å². The van der Waals surface area contributed by atoms with E-state index in [1.807, 2.05) is 0 Å². The number of nitrogens with zero attached hydrogens (tertiary/aromatic N) is 1. The van der Waals surface area contributed by atoms with E-state index < -0.39 is 11.7 Å². The highest BCUT2D eigenvalue weighted by Gasteiger charge is 2.16. The molecule has 0 saturated carbocycles. The Morgan fingerprint density at radius 1 is 1.22 bits per heavy atom. The molecule has 0 saturated heterocycles. The quantitative estimate of drug-likeness (QED) is 0.512. The summed E-state index contributed by atoms with van der Waals surface area (Å²) in [6.45, 7) is 0. The predicted molar refractivity (Wildman–Crippen MR) is 97.2 cm³/mol. The Labute approximate surface area is 158 Å². The van der Waals surface area contributed by atoms with Gasteiger partial charge in [-0.25, -0.2) is 5.43 Å². The molecule has 0 spiro atoms. The van der Waals surface area contributed by atoms with Gasteiger partial charge in [0.15, 0.2) is 11.5 Å². The van der Waals surface area contributed by atoms with Crippen molar-refractivity contribution in [2.24, 2.45) is 5.10 Å². The van der Waals surface area contributed by atoms with E-state index in [2.05, 4.69) is 10.5 Å². The van der Waals surface area contributed by atoms with Crippen LogP contribution in [0.15, 0.2) is 33.8 Å². The maximum absolute atomic E-state index is 12.3. The second-order valence-electron chi connectivity index (χ2n) is 4.99. The lowest BCUT2D eigenvalue weighted by atomic mass is 10.1. The first kappa shape index (κ1) is 20.6. The molecule has 27 heavy (non-hydrogen) atoms. The number of rotatable bonds is 9. The summed E-state index contributed by atoms with van der Waals surface area (Å²) in [4.78, 5) is 12.3. The first-order chi connectivity index (χ1) is 13.0. The highest BCUT2D eigenvalue weighted by molar-refractivity contribution is 7.98. The molecule has 0 aliphatic carbocycles. The number of amides is 1. The number of hydrazone groups is 1. The number of nitrogens with one attached hydrogen (secondary N) is 1. The zero-order chi connectivity index (χ0) is 19.8. The van der Waals surface area contributed by atoms with Gasteiger partial charge in [-0.3, -0.25) is 4.79 Å². The summed E-state index contributed by atoms with van der Waals surface area (Å²) in [7, 11) is 4.34. The molecular formula is C17H18F2N2O5S. The Kier molecular flexibility index (Phi) is 7.47. The van der Waals surface area contributed by atoms with Gasteiger partial charge in [-0.15, -0.1) is 0 Å². The Morgan fingerprint density at radius 3 is 2.44 bits per heavy atom. The molecule has 2 rings (SSSR count). The predicted octanol–water partition coefficient (Wildman–Crippen LogP) is 3.53. The number of carbonyl (C=O) groups is 1. The van der Waals surface area contributed by atoms with Crippen molar-refractivity contribution in [3.63, 3.8) is 0 Å². The average Bonchev–Trinajstić information content (AvgIpc) is 3.12. The summed E-state index contributed by atoms with van der Waals surface area (Å²) >= 11 is 0.458. The minimum atomic E-state index is -2.47. The molecule has 1 aromatic heterocycles. The van der Waals surface area contributed by atoms with E-state index in [1.54, 1.807) is 12.1 Å². The number of alkyl halides is 2. The normalized spacial score (nSPS) is 11.0. The molecule has 0 aliphatic heterocycles. The van der Waals surface area contributed by atoms with Crippen LogP contribution in [-0.2, 0) is 5.75 Å². The van der Waals surface area contributed by atoms with Gasteiger partial charge >= 0.3 is 0 Å². The Bertz CT molecular complexity index is 785. The van der Waals surface area contributed by atoms with Crippen molar-refractivity contribution in [3.8, 4) is 17.2 Å². The second-order valence-corrected chi connectivity index (χ2v) is 5.97. The zero-order valence-corrected chi connectivity index (χ0v) is 15.6. The van der Waals surface area contributed by atoms with Gasteiger partial charge in [-0.05, 0) is 24.3 Å². The molecular weight excluding hydrogens is 382 g/mol. The summed E-state index contributed by atoms with van der Waals surface area (Å²) < 4.78 is 45.2.